The molecule has 0 saturated heterocycles. The molecule has 0 unspecified atom stereocenters. The van der Waals surface area contributed by atoms with Crippen LogP contribution in [-0.4, -0.2) is 26.9 Å². The molecule has 22 heavy (non-hydrogen) atoms. The van der Waals surface area contributed by atoms with Crippen molar-refractivity contribution in [1.29, 1.82) is 0 Å². The summed E-state index contributed by atoms with van der Waals surface area (Å²) in [6, 6.07) is 7.52. The third-order valence-corrected chi connectivity index (χ3v) is 4.08. The van der Waals surface area contributed by atoms with Crippen LogP contribution in [0.5, 0.6) is 0 Å². The quantitative estimate of drug-likeness (QED) is 0.847. The molecule has 0 fully saturated rings. The Morgan fingerprint density at radius 3 is 2.73 bits per heavy atom. The fourth-order valence-electron chi connectivity index (χ4n) is 1.81. The second kappa shape index (κ2) is 6.93. The number of halogens is 1. The molecule has 1 aromatic carbocycles. The zero-order chi connectivity index (χ0) is 16.2. The Morgan fingerprint density at radius 2 is 2.09 bits per heavy atom. The van der Waals surface area contributed by atoms with Crippen molar-refractivity contribution < 1.29 is 22.0 Å². The van der Waals surface area contributed by atoms with Crippen molar-refractivity contribution in [3.05, 3.63) is 42.4 Å². The van der Waals surface area contributed by atoms with Gasteiger partial charge < -0.3 is 9.15 Å². The fraction of sp³-hybridized carbons (Fsp3) is 0.333. The number of hydrogen-bond donors (Lipinski definition) is 1. The molecule has 0 spiro atoms. The van der Waals surface area contributed by atoms with Crippen molar-refractivity contribution in [2.75, 3.05) is 17.1 Å². The zero-order valence-corrected chi connectivity index (χ0v) is 13.2. The van der Waals surface area contributed by atoms with Gasteiger partial charge in [-0.15, -0.1) is 0 Å². The van der Waals surface area contributed by atoms with Gasteiger partial charge in [0.25, 0.3) is 0 Å². The molecule has 1 aromatic heterocycles. The van der Waals surface area contributed by atoms with Gasteiger partial charge in [-0.1, -0.05) is 0 Å². The Hall–Kier alpha value is -1.86. The van der Waals surface area contributed by atoms with E-state index in [1.54, 1.807) is 12.1 Å². The predicted octanol–water partition coefficient (Wildman–Crippen LogP) is 3.25. The van der Waals surface area contributed by atoms with Gasteiger partial charge in [0.15, 0.2) is 0 Å². The second-order valence-electron chi connectivity index (χ2n) is 5.01. The molecule has 0 saturated carbocycles. The molecule has 120 valence electrons. The molecular formula is C15H18FNO4S. The number of benzene rings is 1. The molecule has 1 N–H and O–H groups in total. The van der Waals surface area contributed by atoms with Gasteiger partial charge in [0.05, 0.1) is 30.4 Å². The Morgan fingerprint density at radius 1 is 1.32 bits per heavy atom. The normalized spacial score (nSPS) is 11.8. The maximum atomic E-state index is 13.8. The number of rotatable bonds is 7. The molecule has 0 radical (unpaired) electrons. The molecule has 0 atom stereocenters. The van der Waals surface area contributed by atoms with Crippen molar-refractivity contribution in [2.45, 2.75) is 20.0 Å². The summed E-state index contributed by atoms with van der Waals surface area (Å²) < 4.78 is 50.4. The minimum atomic E-state index is -3.68. The molecule has 0 bridgehead atoms. The lowest BCUT2D eigenvalue weighted by atomic mass is 10.1. The molecule has 5 nitrogen and oxygen atoms in total. The van der Waals surface area contributed by atoms with Crippen LogP contribution >= 0.6 is 0 Å². The van der Waals surface area contributed by atoms with Crippen molar-refractivity contribution in [2.24, 2.45) is 0 Å². The van der Waals surface area contributed by atoms with Gasteiger partial charge in [0.1, 0.15) is 11.6 Å². The van der Waals surface area contributed by atoms with Crippen LogP contribution in [0, 0.1) is 5.82 Å². The first kappa shape index (κ1) is 16.5. The average molecular weight is 327 g/mol. The van der Waals surface area contributed by atoms with E-state index < -0.39 is 15.8 Å². The van der Waals surface area contributed by atoms with E-state index >= 15 is 0 Å². The first-order valence-electron chi connectivity index (χ1n) is 6.83. The van der Waals surface area contributed by atoms with Gasteiger partial charge in [-0.05, 0) is 44.2 Å². The van der Waals surface area contributed by atoms with E-state index in [9.17, 15) is 12.8 Å². The van der Waals surface area contributed by atoms with Crippen LogP contribution < -0.4 is 4.72 Å². The van der Waals surface area contributed by atoms with E-state index in [1.807, 2.05) is 13.8 Å². The van der Waals surface area contributed by atoms with E-state index in [2.05, 4.69) is 4.72 Å². The third kappa shape index (κ3) is 4.57. The van der Waals surface area contributed by atoms with Crippen LogP contribution in [-0.2, 0) is 14.8 Å². The van der Waals surface area contributed by atoms with Crippen LogP contribution in [0.2, 0.25) is 0 Å². The number of ether oxygens (including phenoxy) is 1. The van der Waals surface area contributed by atoms with E-state index in [1.165, 1.54) is 24.5 Å². The summed E-state index contributed by atoms with van der Waals surface area (Å²) >= 11 is 0. The van der Waals surface area contributed by atoms with Crippen molar-refractivity contribution >= 4 is 15.7 Å². The number of sulfonamides is 1. The standard InChI is InChI=1S/C15H18FNO4S/c1-11(2)20-8-9-22(18,19)17-14-10-12(5-6-13(14)16)15-4-3-7-21-15/h3-7,10-11,17H,8-9H2,1-2H3. The first-order valence-corrected chi connectivity index (χ1v) is 8.48. The van der Waals surface area contributed by atoms with Crippen LogP contribution in [0.15, 0.2) is 41.0 Å². The SMILES string of the molecule is CC(C)OCCS(=O)(=O)Nc1cc(-c2ccco2)ccc1F. The highest BCUT2D eigenvalue weighted by atomic mass is 32.2. The molecule has 0 amide bonds. The van der Waals surface area contributed by atoms with E-state index in [-0.39, 0.29) is 24.2 Å². The summed E-state index contributed by atoms with van der Waals surface area (Å²) in [6.07, 6.45) is 1.43. The summed E-state index contributed by atoms with van der Waals surface area (Å²) in [5, 5.41) is 0. The molecule has 2 rings (SSSR count). The van der Waals surface area contributed by atoms with Crippen LogP contribution in [0.25, 0.3) is 11.3 Å². The minimum absolute atomic E-state index is 0.0481. The number of anilines is 1. The van der Waals surface area contributed by atoms with Gasteiger partial charge in [-0.3, -0.25) is 4.72 Å². The van der Waals surface area contributed by atoms with Crippen molar-refractivity contribution in [3.8, 4) is 11.3 Å². The lowest BCUT2D eigenvalue weighted by Crippen LogP contribution is -2.22. The second-order valence-corrected chi connectivity index (χ2v) is 6.85. The highest BCUT2D eigenvalue weighted by Gasteiger charge is 2.15. The predicted molar refractivity (Wildman–Crippen MR) is 82.6 cm³/mol. The van der Waals surface area contributed by atoms with Crippen LogP contribution in [0.3, 0.4) is 0 Å². The van der Waals surface area contributed by atoms with Gasteiger partial charge in [-0.2, -0.15) is 0 Å². The summed E-state index contributed by atoms with van der Waals surface area (Å²) in [4.78, 5) is 0. The third-order valence-electron chi connectivity index (χ3n) is 2.84. The molecule has 2 aromatic rings. The zero-order valence-electron chi connectivity index (χ0n) is 12.4. The maximum absolute atomic E-state index is 13.8. The minimum Gasteiger partial charge on any atom is -0.464 e. The smallest absolute Gasteiger partial charge is 0.235 e. The fourth-order valence-corrected chi connectivity index (χ4v) is 2.72. The molecule has 7 heteroatoms. The largest absolute Gasteiger partial charge is 0.464 e. The maximum Gasteiger partial charge on any atom is 0.235 e. The topological polar surface area (TPSA) is 68.5 Å². The Balaban J connectivity index is 2.13. The summed E-state index contributed by atoms with van der Waals surface area (Å²) in [7, 11) is -3.68. The highest BCUT2D eigenvalue weighted by molar-refractivity contribution is 7.92. The van der Waals surface area contributed by atoms with Crippen LogP contribution in [0.1, 0.15) is 13.8 Å². The van der Waals surface area contributed by atoms with Gasteiger partial charge in [-0.25, -0.2) is 12.8 Å². The summed E-state index contributed by atoms with van der Waals surface area (Å²) in [6.45, 7) is 3.67. The average Bonchev–Trinajstić information content (AvgIpc) is 2.94. The lowest BCUT2D eigenvalue weighted by Gasteiger charge is -2.11. The molecule has 0 aliphatic carbocycles. The Labute approximate surface area is 129 Å². The van der Waals surface area contributed by atoms with E-state index in [0.29, 0.717) is 11.3 Å². The van der Waals surface area contributed by atoms with Gasteiger partial charge in [0.2, 0.25) is 10.0 Å². The Bertz CT molecular complexity index is 711. The van der Waals surface area contributed by atoms with Crippen molar-refractivity contribution in [3.63, 3.8) is 0 Å². The molecule has 1 heterocycles. The number of hydrogen-bond acceptors (Lipinski definition) is 4. The van der Waals surface area contributed by atoms with Gasteiger partial charge in [0, 0.05) is 5.56 Å². The van der Waals surface area contributed by atoms with Crippen molar-refractivity contribution in [1.82, 2.24) is 0 Å². The number of furan rings is 1. The lowest BCUT2D eigenvalue weighted by molar-refractivity contribution is 0.0913. The molecule has 0 aliphatic rings. The monoisotopic (exact) mass is 327 g/mol. The first-order chi connectivity index (χ1) is 10.4. The summed E-state index contributed by atoms with van der Waals surface area (Å²) in [5.74, 6) is -0.359. The molecular weight excluding hydrogens is 309 g/mol. The molecule has 0 aliphatic heterocycles. The highest BCUT2D eigenvalue weighted by Crippen LogP contribution is 2.25. The van der Waals surface area contributed by atoms with E-state index in [0.717, 1.165) is 0 Å². The van der Waals surface area contributed by atoms with Crippen LogP contribution in [0.4, 0.5) is 10.1 Å². The van der Waals surface area contributed by atoms with Gasteiger partial charge >= 0.3 is 0 Å². The summed E-state index contributed by atoms with van der Waals surface area (Å²) in [5.41, 5.74) is 0.473. The van der Waals surface area contributed by atoms with E-state index in [4.69, 9.17) is 9.15 Å². The Kier molecular flexibility index (Phi) is 5.20. The number of nitrogens with one attached hydrogen (secondary N) is 1.